The van der Waals surface area contributed by atoms with Crippen LogP contribution in [0.15, 0.2) is 41.5 Å². The first-order valence-corrected chi connectivity index (χ1v) is 8.02. The van der Waals surface area contributed by atoms with Gasteiger partial charge in [0.2, 0.25) is 0 Å². The number of amides is 1. The predicted molar refractivity (Wildman–Crippen MR) is 99.7 cm³/mol. The highest BCUT2D eigenvalue weighted by Gasteiger charge is 2.11. The molecule has 2 aromatic rings. The molecule has 0 aromatic heterocycles. The van der Waals surface area contributed by atoms with Gasteiger partial charge in [-0.3, -0.25) is 4.79 Å². The van der Waals surface area contributed by atoms with Crippen LogP contribution in [0.2, 0.25) is 0 Å². The lowest BCUT2D eigenvalue weighted by molar-refractivity contribution is 0.0951. The molecule has 0 aliphatic carbocycles. The van der Waals surface area contributed by atoms with Gasteiger partial charge in [-0.1, -0.05) is 5.92 Å². The minimum atomic E-state index is -0.781. The molecule has 0 saturated carbocycles. The van der Waals surface area contributed by atoms with Gasteiger partial charge in [-0.05, 0) is 64.6 Å². The van der Waals surface area contributed by atoms with Crippen LogP contribution < -0.4 is 10.2 Å². The van der Waals surface area contributed by atoms with E-state index in [-0.39, 0.29) is 17.7 Å². The molecular weight excluding hydrogens is 436 g/mol. The minimum Gasteiger partial charge on any atom is -0.480 e. The van der Waals surface area contributed by atoms with Crippen LogP contribution >= 0.6 is 22.6 Å². The standard InChI is InChI=1S/C18H11FIN3O2/c1-2-7-25-17-6-4-13(9-16(17)20)11-22-23-18(24)14-5-3-12(10-21)8-15(14)19/h1,3-6,8-9,11H,7H2,(H,23,24)/b22-11-. The molecule has 0 radical (unpaired) electrons. The third kappa shape index (κ3) is 5.03. The summed E-state index contributed by atoms with van der Waals surface area (Å²) in [5.41, 5.74) is 2.91. The van der Waals surface area contributed by atoms with Crippen molar-refractivity contribution in [3.63, 3.8) is 0 Å². The zero-order valence-electron chi connectivity index (χ0n) is 12.8. The number of hydrazone groups is 1. The number of nitrogens with zero attached hydrogens (tertiary/aromatic N) is 2. The maximum absolute atomic E-state index is 13.7. The quantitative estimate of drug-likeness (QED) is 0.332. The molecule has 0 saturated heterocycles. The van der Waals surface area contributed by atoms with Crippen LogP contribution in [0.25, 0.3) is 0 Å². The van der Waals surface area contributed by atoms with E-state index in [4.69, 9.17) is 16.4 Å². The molecular formula is C18H11FIN3O2. The maximum atomic E-state index is 13.7. The number of terminal acetylenes is 1. The van der Waals surface area contributed by atoms with Gasteiger partial charge in [-0.2, -0.15) is 10.4 Å². The Morgan fingerprint density at radius 3 is 2.84 bits per heavy atom. The van der Waals surface area contributed by atoms with Crippen molar-refractivity contribution in [1.29, 1.82) is 5.26 Å². The Bertz CT molecular complexity index is 914. The first-order chi connectivity index (χ1) is 12.0. The summed E-state index contributed by atoms with van der Waals surface area (Å²) in [6, 6.07) is 10.7. The van der Waals surface area contributed by atoms with Crippen molar-refractivity contribution in [2.24, 2.45) is 5.10 Å². The van der Waals surface area contributed by atoms with Crippen molar-refractivity contribution in [1.82, 2.24) is 5.43 Å². The number of halogens is 2. The highest BCUT2D eigenvalue weighted by molar-refractivity contribution is 14.1. The second-order valence-electron chi connectivity index (χ2n) is 4.69. The molecule has 0 heterocycles. The van der Waals surface area contributed by atoms with Crippen LogP contribution in [0.1, 0.15) is 21.5 Å². The Kier molecular flexibility index (Phi) is 6.49. The van der Waals surface area contributed by atoms with Crippen LogP contribution in [0, 0.1) is 33.1 Å². The van der Waals surface area contributed by atoms with Crippen LogP contribution in [-0.2, 0) is 0 Å². The number of carbonyl (C=O) groups is 1. The summed E-state index contributed by atoms with van der Waals surface area (Å²) in [4.78, 5) is 11.9. The van der Waals surface area contributed by atoms with Gasteiger partial charge in [0.1, 0.15) is 18.2 Å². The van der Waals surface area contributed by atoms with Crippen molar-refractivity contribution in [3.8, 4) is 24.2 Å². The summed E-state index contributed by atoms with van der Waals surface area (Å²) in [6.45, 7) is 0.176. The maximum Gasteiger partial charge on any atom is 0.274 e. The number of nitriles is 1. The number of nitrogens with one attached hydrogen (secondary N) is 1. The van der Waals surface area contributed by atoms with Crippen molar-refractivity contribution in [2.75, 3.05) is 6.61 Å². The van der Waals surface area contributed by atoms with Crippen molar-refractivity contribution < 1.29 is 13.9 Å². The highest BCUT2D eigenvalue weighted by atomic mass is 127. The van der Waals surface area contributed by atoms with Gasteiger partial charge in [0.15, 0.2) is 0 Å². The predicted octanol–water partition coefficient (Wildman–Crippen LogP) is 3.08. The number of carbonyl (C=O) groups excluding carboxylic acids is 1. The average molecular weight is 447 g/mol. The Hall–Kier alpha value is -2.91. The minimum absolute atomic E-state index is 0.138. The molecule has 7 heteroatoms. The van der Waals surface area contributed by atoms with Gasteiger partial charge in [-0.15, -0.1) is 6.42 Å². The second-order valence-corrected chi connectivity index (χ2v) is 5.85. The molecule has 0 unspecified atom stereocenters. The molecule has 0 spiro atoms. The van der Waals surface area contributed by atoms with Gasteiger partial charge in [0, 0.05) is 0 Å². The molecule has 1 amide bonds. The number of benzene rings is 2. The zero-order chi connectivity index (χ0) is 18.2. The molecule has 25 heavy (non-hydrogen) atoms. The zero-order valence-corrected chi connectivity index (χ0v) is 15.0. The molecule has 0 atom stereocenters. The Balaban J connectivity index is 2.03. The van der Waals surface area contributed by atoms with Crippen molar-refractivity contribution in [3.05, 3.63) is 62.5 Å². The van der Waals surface area contributed by atoms with Gasteiger partial charge < -0.3 is 4.74 Å². The lowest BCUT2D eigenvalue weighted by Gasteiger charge is -2.05. The second kappa shape index (κ2) is 8.81. The molecule has 1 N–H and O–H groups in total. The summed E-state index contributed by atoms with van der Waals surface area (Å²) >= 11 is 2.09. The monoisotopic (exact) mass is 447 g/mol. The molecule has 0 fully saturated rings. The van der Waals surface area contributed by atoms with E-state index in [1.807, 2.05) is 0 Å². The van der Waals surface area contributed by atoms with Gasteiger partial charge in [0.25, 0.3) is 5.91 Å². The summed E-state index contributed by atoms with van der Waals surface area (Å²) < 4.78 is 19.9. The van der Waals surface area contributed by atoms with E-state index < -0.39 is 11.7 Å². The van der Waals surface area contributed by atoms with Gasteiger partial charge in [-0.25, -0.2) is 9.82 Å². The number of rotatable bonds is 5. The Morgan fingerprint density at radius 2 is 2.20 bits per heavy atom. The summed E-state index contributed by atoms with van der Waals surface area (Å²) in [7, 11) is 0. The molecule has 2 rings (SSSR count). The number of ether oxygens (including phenoxy) is 1. The smallest absolute Gasteiger partial charge is 0.274 e. The Morgan fingerprint density at radius 1 is 1.40 bits per heavy atom. The topological polar surface area (TPSA) is 74.5 Å². The fraction of sp³-hybridized carbons (Fsp3) is 0.0556. The summed E-state index contributed by atoms with van der Waals surface area (Å²) in [5.74, 6) is 1.55. The summed E-state index contributed by atoms with van der Waals surface area (Å²) in [5, 5.41) is 12.5. The third-order valence-electron chi connectivity index (χ3n) is 2.99. The highest BCUT2D eigenvalue weighted by Crippen LogP contribution is 2.21. The summed E-state index contributed by atoms with van der Waals surface area (Å²) in [6.07, 6.45) is 6.57. The van der Waals surface area contributed by atoms with Crippen LogP contribution in [0.4, 0.5) is 4.39 Å². The molecule has 124 valence electrons. The van der Waals surface area contributed by atoms with Crippen molar-refractivity contribution in [2.45, 2.75) is 0 Å². The van der Waals surface area contributed by atoms with Gasteiger partial charge >= 0.3 is 0 Å². The van der Waals surface area contributed by atoms with E-state index in [9.17, 15) is 9.18 Å². The van der Waals surface area contributed by atoms with Gasteiger partial charge in [0.05, 0.1) is 27.0 Å². The van der Waals surface area contributed by atoms with Crippen LogP contribution in [0.5, 0.6) is 5.75 Å². The van der Waals surface area contributed by atoms with E-state index in [0.717, 1.165) is 15.2 Å². The van der Waals surface area contributed by atoms with E-state index in [0.29, 0.717) is 5.75 Å². The molecule has 0 aliphatic heterocycles. The number of hydrogen-bond donors (Lipinski definition) is 1. The SMILES string of the molecule is C#CCOc1ccc(/C=N\NC(=O)c2ccc(C#N)cc2F)cc1I. The molecule has 0 bridgehead atoms. The molecule has 5 nitrogen and oxygen atoms in total. The van der Waals surface area contributed by atoms with E-state index in [1.165, 1.54) is 18.3 Å². The van der Waals surface area contributed by atoms with Crippen molar-refractivity contribution >= 4 is 34.7 Å². The van der Waals surface area contributed by atoms with Crippen LogP contribution in [-0.4, -0.2) is 18.7 Å². The molecule has 0 aliphatic rings. The normalized spacial score (nSPS) is 10.1. The number of hydrogen-bond acceptors (Lipinski definition) is 4. The van der Waals surface area contributed by atoms with E-state index >= 15 is 0 Å². The fourth-order valence-corrected chi connectivity index (χ4v) is 2.52. The molecule has 2 aromatic carbocycles. The lowest BCUT2D eigenvalue weighted by Crippen LogP contribution is -2.19. The Labute approximate surface area is 157 Å². The third-order valence-corrected chi connectivity index (χ3v) is 3.83. The van der Waals surface area contributed by atoms with Crippen LogP contribution in [0.3, 0.4) is 0 Å². The lowest BCUT2D eigenvalue weighted by atomic mass is 10.1. The average Bonchev–Trinajstić information content (AvgIpc) is 2.60. The first kappa shape index (κ1) is 18.4. The van der Waals surface area contributed by atoms with E-state index in [2.05, 4.69) is 39.0 Å². The largest absolute Gasteiger partial charge is 0.480 e. The van der Waals surface area contributed by atoms with E-state index in [1.54, 1.807) is 24.3 Å². The first-order valence-electron chi connectivity index (χ1n) is 6.94. The fourth-order valence-electron chi connectivity index (χ4n) is 1.83.